The van der Waals surface area contributed by atoms with E-state index >= 15 is 0 Å². The lowest BCUT2D eigenvalue weighted by molar-refractivity contribution is 0.194. The van der Waals surface area contributed by atoms with Gasteiger partial charge in [-0.3, -0.25) is 4.68 Å². The highest BCUT2D eigenvalue weighted by molar-refractivity contribution is 5.64. The van der Waals surface area contributed by atoms with Gasteiger partial charge in [-0.1, -0.05) is 59.3 Å². The molecule has 0 bridgehead atoms. The third-order valence-electron chi connectivity index (χ3n) is 4.74. The first-order valence-corrected chi connectivity index (χ1v) is 9.48. The van der Waals surface area contributed by atoms with Crippen molar-refractivity contribution in [3.63, 3.8) is 0 Å². The molecule has 0 aliphatic heterocycles. The van der Waals surface area contributed by atoms with E-state index in [0.29, 0.717) is 24.0 Å². The highest BCUT2D eigenvalue weighted by atomic mass is 16.5. The first-order valence-electron chi connectivity index (χ1n) is 9.48. The molecule has 0 atom stereocenters. The van der Waals surface area contributed by atoms with Gasteiger partial charge in [0.2, 0.25) is 5.82 Å². The molecule has 0 saturated carbocycles. The number of carboxylic acid groups (broad SMARTS) is 1. The summed E-state index contributed by atoms with van der Waals surface area (Å²) in [6.07, 6.45) is -1.06. The van der Waals surface area contributed by atoms with Gasteiger partial charge in [-0.15, -0.1) is 0 Å². The Morgan fingerprint density at radius 1 is 1.07 bits per heavy atom. The Bertz CT molecular complexity index is 1160. The molecule has 0 aliphatic rings. The molecule has 2 aromatic heterocycles. The number of aromatic nitrogens is 4. The molecule has 8 heteroatoms. The molecule has 0 saturated heterocycles. The number of carbonyl (C=O) groups is 1. The number of hydrogen-bond acceptors (Lipinski definition) is 5. The van der Waals surface area contributed by atoms with E-state index in [9.17, 15) is 4.79 Å². The summed E-state index contributed by atoms with van der Waals surface area (Å²) in [5.41, 5.74) is 5.64. The fraction of sp³-hybridized carbons (Fsp3) is 0.182. The van der Waals surface area contributed by atoms with Crippen LogP contribution in [-0.4, -0.2) is 31.1 Å². The molecule has 2 aromatic carbocycles. The van der Waals surface area contributed by atoms with Crippen molar-refractivity contribution in [2.75, 3.05) is 0 Å². The minimum Gasteiger partial charge on any atom is -0.465 e. The van der Waals surface area contributed by atoms with Crippen LogP contribution in [0, 0.1) is 13.8 Å². The Morgan fingerprint density at radius 3 is 2.47 bits per heavy atom. The van der Waals surface area contributed by atoms with Crippen molar-refractivity contribution in [2.24, 2.45) is 0 Å². The van der Waals surface area contributed by atoms with Crippen molar-refractivity contribution in [2.45, 2.75) is 26.9 Å². The van der Waals surface area contributed by atoms with Gasteiger partial charge >= 0.3 is 6.09 Å². The SMILES string of the molecule is Cc1ccc(Cn2nc(-c3nc(-c4ccc(CNC(=O)O)cc4)no3)cc2C)cc1. The summed E-state index contributed by atoms with van der Waals surface area (Å²) in [7, 11) is 0. The van der Waals surface area contributed by atoms with E-state index in [2.05, 4.69) is 51.7 Å². The highest BCUT2D eigenvalue weighted by Gasteiger charge is 2.15. The predicted octanol–water partition coefficient (Wildman–Crippen LogP) is 4.03. The second-order valence-corrected chi connectivity index (χ2v) is 7.09. The summed E-state index contributed by atoms with van der Waals surface area (Å²) in [5.74, 6) is 0.806. The number of amides is 1. The van der Waals surface area contributed by atoms with Crippen LogP contribution < -0.4 is 5.32 Å². The third kappa shape index (κ3) is 4.38. The predicted molar refractivity (Wildman–Crippen MR) is 111 cm³/mol. The van der Waals surface area contributed by atoms with E-state index in [1.54, 1.807) is 0 Å². The Balaban J connectivity index is 1.50. The van der Waals surface area contributed by atoms with Gasteiger partial charge in [0.05, 0.1) is 6.54 Å². The van der Waals surface area contributed by atoms with Gasteiger partial charge in [0.15, 0.2) is 5.69 Å². The zero-order valence-corrected chi connectivity index (χ0v) is 16.7. The van der Waals surface area contributed by atoms with Crippen LogP contribution in [-0.2, 0) is 13.1 Å². The number of benzene rings is 2. The maximum atomic E-state index is 10.6. The molecule has 0 aliphatic carbocycles. The second-order valence-electron chi connectivity index (χ2n) is 7.09. The van der Waals surface area contributed by atoms with Gasteiger partial charge in [-0.2, -0.15) is 10.1 Å². The molecular weight excluding hydrogens is 382 g/mol. The molecule has 8 nitrogen and oxygen atoms in total. The molecule has 4 rings (SSSR count). The smallest absolute Gasteiger partial charge is 0.404 e. The molecule has 30 heavy (non-hydrogen) atoms. The fourth-order valence-electron chi connectivity index (χ4n) is 3.04. The molecule has 4 aromatic rings. The van der Waals surface area contributed by atoms with Crippen LogP contribution in [0.3, 0.4) is 0 Å². The van der Waals surface area contributed by atoms with E-state index in [1.165, 1.54) is 11.1 Å². The monoisotopic (exact) mass is 403 g/mol. The lowest BCUT2D eigenvalue weighted by atomic mass is 10.1. The van der Waals surface area contributed by atoms with Crippen LogP contribution in [0.1, 0.15) is 22.4 Å². The van der Waals surface area contributed by atoms with Gasteiger partial charge < -0.3 is 14.9 Å². The summed E-state index contributed by atoms with van der Waals surface area (Å²) in [5, 5.41) is 19.7. The first kappa shape index (κ1) is 19.4. The van der Waals surface area contributed by atoms with Gasteiger partial charge in [-0.25, -0.2) is 4.79 Å². The van der Waals surface area contributed by atoms with Crippen molar-refractivity contribution in [3.05, 3.63) is 77.0 Å². The second kappa shape index (κ2) is 8.20. The van der Waals surface area contributed by atoms with Crippen molar-refractivity contribution < 1.29 is 14.4 Å². The zero-order valence-electron chi connectivity index (χ0n) is 16.7. The fourth-order valence-corrected chi connectivity index (χ4v) is 3.04. The quantitative estimate of drug-likeness (QED) is 0.503. The molecule has 0 radical (unpaired) electrons. The minimum absolute atomic E-state index is 0.241. The Kier molecular flexibility index (Phi) is 5.30. The lowest BCUT2D eigenvalue weighted by Gasteiger charge is -2.04. The minimum atomic E-state index is -1.06. The van der Waals surface area contributed by atoms with Crippen molar-refractivity contribution in [1.82, 2.24) is 25.2 Å². The van der Waals surface area contributed by atoms with Crippen LogP contribution in [0.15, 0.2) is 59.1 Å². The normalized spacial score (nSPS) is 10.9. The summed E-state index contributed by atoms with van der Waals surface area (Å²) in [6.45, 7) is 4.96. The Hall–Kier alpha value is -3.94. The number of hydrogen-bond donors (Lipinski definition) is 2. The zero-order chi connectivity index (χ0) is 21.1. The van der Waals surface area contributed by atoms with Crippen LogP contribution in [0.5, 0.6) is 0 Å². The van der Waals surface area contributed by atoms with E-state index in [4.69, 9.17) is 9.63 Å². The number of nitrogens with zero attached hydrogens (tertiary/aromatic N) is 4. The van der Waals surface area contributed by atoms with Crippen molar-refractivity contribution >= 4 is 6.09 Å². The van der Waals surface area contributed by atoms with Crippen LogP contribution in [0.2, 0.25) is 0 Å². The Labute approximate surface area is 173 Å². The van der Waals surface area contributed by atoms with Crippen LogP contribution in [0.25, 0.3) is 23.0 Å². The van der Waals surface area contributed by atoms with E-state index in [0.717, 1.165) is 16.8 Å². The molecular formula is C22H21N5O3. The van der Waals surface area contributed by atoms with Crippen molar-refractivity contribution in [3.8, 4) is 23.0 Å². The van der Waals surface area contributed by atoms with Gasteiger partial charge in [0, 0.05) is 17.8 Å². The summed E-state index contributed by atoms with van der Waals surface area (Å²) in [4.78, 5) is 15.1. The molecule has 0 spiro atoms. The average Bonchev–Trinajstić information content (AvgIpc) is 3.36. The molecule has 152 valence electrons. The summed E-state index contributed by atoms with van der Waals surface area (Å²) < 4.78 is 7.33. The molecule has 0 unspecified atom stereocenters. The molecule has 2 N–H and O–H groups in total. The maximum absolute atomic E-state index is 10.6. The number of aryl methyl sites for hydroxylation is 2. The van der Waals surface area contributed by atoms with Crippen molar-refractivity contribution in [1.29, 1.82) is 0 Å². The highest BCUT2D eigenvalue weighted by Crippen LogP contribution is 2.23. The lowest BCUT2D eigenvalue weighted by Crippen LogP contribution is -2.19. The largest absolute Gasteiger partial charge is 0.465 e. The van der Waals surface area contributed by atoms with E-state index in [-0.39, 0.29) is 6.54 Å². The Morgan fingerprint density at radius 2 is 1.77 bits per heavy atom. The summed E-state index contributed by atoms with van der Waals surface area (Å²) in [6, 6.07) is 17.6. The topological polar surface area (TPSA) is 106 Å². The number of nitrogens with one attached hydrogen (secondary N) is 1. The molecule has 2 heterocycles. The summed E-state index contributed by atoms with van der Waals surface area (Å²) >= 11 is 0. The standard InChI is InChI=1S/C22H21N5O3/c1-14-3-5-17(6-4-14)13-27-15(2)11-19(25-27)21-24-20(26-30-21)18-9-7-16(8-10-18)12-23-22(28)29/h3-11,23H,12-13H2,1-2H3,(H,28,29). The first-order chi connectivity index (χ1) is 14.5. The van der Waals surface area contributed by atoms with Crippen LogP contribution >= 0.6 is 0 Å². The van der Waals surface area contributed by atoms with E-state index in [1.807, 2.05) is 41.9 Å². The van der Waals surface area contributed by atoms with Crippen LogP contribution in [0.4, 0.5) is 4.79 Å². The molecule has 1 amide bonds. The van der Waals surface area contributed by atoms with Gasteiger partial charge in [0.1, 0.15) is 0 Å². The molecule has 0 fully saturated rings. The van der Waals surface area contributed by atoms with Gasteiger partial charge in [0.25, 0.3) is 5.89 Å². The maximum Gasteiger partial charge on any atom is 0.404 e. The average molecular weight is 403 g/mol. The third-order valence-corrected chi connectivity index (χ3v) is 4.74. The number of rotatable bonds is 6. The van der Waals surface area contributed by atoms with E-state index < -0.39 is 6.09 Å². The van der Waals surface area contributed by atoms with Gasteiger partial charge in [-0.05, 0) is 31.0 Å².